The molecule has 1 aliphatic rings. The number of nitrogens with two attached hydrogens (primary N) is 1. The maximum Gasteiger partial charge on any atom is 0.387 e. The van der Waals surface area contributed by atoms with Crippen LogP contribution in [0, 0.1) is 0 Å². The molecule has 30 heavy (non-hydrogen) atoms. The van der Waals surface area contributed by atoms with Crippen molar-refractivity contribution < 1.29 is 22.7 Å². The Hall–Kier alpha value is -3.29. The zero-order valence-corrected chi connectivity index (χ0v) is 16.6. The number of benzene rings is 2. The Kier molecular flexibility index (Phi) is 6.14. The third-order valence-corrected chi connectivity index (χ3v) is 5.03. The summed E-state index contributed by atoms with van der Waals surface area (Å²) in [6, 6.07) is 13.0. The molecule has 0 bridgehead atoms. The number of guanidine groups is 1. The van der Waals surface area contributed by atoms with Crippen molar-refractivity contribution in [3.8, 4) is 5.75 Å². The molecule has 1 heterocycles. The Morgan fingerprint density at radius 3 is 2.50 bits per heavy atom. The molecule has 0 fully saturated rings. The minimum atomic E-state index is -2.95. The normalized spacial score (nSPS) is 19.4. The summed E-state index contributed by atoms with van der Waals surface area (Å²) in [4.78, 5) is 19.0. The van der Waals surface area contributed by atoms with E-state index in [2.05, 4.69) is 9.73 Å². The van der Waals surface area contributed by atoms with Gasteiger partial charge in [0.05, 0.1) is 6.67 Å². The smallest absolute Gasteiger partial charge is 0.387 e. The van der Waals surface area contributed by atoms with E-state index >= 15 is 0 Å². The van der Waals surface area contributed by atoms with Crippen molar-refractivity contribution in [2.24, 2.45) is 10.7 Å². The summed E-state index contributed by atoms with van der Waals surface area (Å²) in [5.41, 5.74) is 7.20. The van der Waals surface area contributed by atoms with E-state index in [0.717, 1.165) is 11.1 Å². The van der Waals surface area contributed by atoms with Gasteiger partial charge in [-0.1, -0.05) is 36.4 Å². The molecule has 8 heteroatoms. The van der Waals surface area contributed by atoms with E-state index in [1.807, 2.05) is 19.1 Å². The van der Waals surface area contributed by atoms with Crippen LogP contribution in [0.25, 0.3) is 5.57 Å². The Balaban J connectivity index is 2.13. The number of ether oxygens (including phenoxy) is 1. The number of aliphatic imine (C=N–C) groups is 1. The van der Waals surface area contributed by atoms with Crippen molar-refractivity contribution in [2.75, 3.05) is 13.7 Å². The van der Waals surface area contributed by atoms with Gasteiger partial charge in [-0.25, -0.2) is 4.99 Å². The fraction of sp³-hybridized carbons (Fsp3) is 0.273. The first kappa shape index (κ1) is 21.4. The summed E-state index contributed by atoms with van der Waals surface area (Å²) in [5, 5.41) is 0. The molecule has 0 aliphatic carbocycles. The standard InChI is InChI=1S/C22H22F3N3O2/c1-14(5-4-12-23)15-6-3-7-17(13-15)22(19(29)28(2)21(26)27-22)16-8-10-18(11-9-16)30-20(24)25/h3,5-11,13,20H,4,12H2,1-2H3,(H2,26,27)/b14-5-. The van der Waals surface area contributed by atoms with Gasteiger partial charge in [0.15, 0.2) is 11.5 Å². The Morgan fingerprint density at radius 2 is 1.93 bits per heavy atom. The largest absolute Gasteiger partial charge is 0.435 e. The Labute approximate surface area is 172 Å². The zero-order valence-electron chi connectivity index (χ0n) is 16.6. The summed E-state index contributed by atoms with van der Waals surface area (Å²) in [6.45, 7) is -1.55. The second-order valence-electron chi connectivity index (χ2n) is 6.89. The summed E-state index contributed by atoms with van der Waals surface area (Å²) < 4.78 is 41.9. The predicted molar refractivity (Wildman–Crippen MR) is 109 cm³/mol. The topological polar surface area (TPSA) is 67.9 Å². The van der Waals surface area contributed by atoms with Crippen LogP contribution in [0.4, 0.5) is 13.2 Å². The summed E-state index contributed by atoms with van der Waals surface area (Å²) in [7, 11) is 1.52. The molecule has 2 aromatic rings. The van der Waals surface area contributed by atoms with Crippen LogP contribution in [0.5, 0.6) is 5.75 Å². The lowest BCUT2D eigenvalue weighted by Gasteiger charge is -2.26. The molecule has 0 saturated carbocycles. The van der Waals surface area contributed by atoms with Crippen LogP contribution < -0.4 is 10.5 Å². The molecular formula is C22H22F3N3O2. The number of halogens is 3. The molecule has 158 valence electrons. The second-order valence-corrected chi connectivity index (χ2v) is 6.89. The quantitative estimate of drug-likeness (QED) is 0.738. The molecule has 0 saturated heterocycles. The lowest BCUT2D eigenvalue weighted by atomic mass is 9.81. The van der Waals surface area contributed by atoms with E-state index in [-0.39, 0.29) is 17.6 Å². The molecular weight excluding hydrogens is 395 g/mol. The van der Waals surface area contributed by atoms with Crippen LogP contribution in [-0.4, -0.2) is 37.1 Å². The zero-order chi connectivity index (χ0) is 21.9. The first-order valence-corrected chi connectivity index (χ1v) is 9.32. The van der Waals surface area contributed by atoms with Gasteiger partial charge in [0.2, 0.25) is 0 Å². The van der Waals surface area contributed by atoms with Crippen LogP contribution in [0.1, 0.15) is 30.0 Å². The number of carbonyl (C=O) groups is 1. The Morgan fingerprint density at radius 1 is 1.23 bits per heavy atom. The first-order valence-electron chi connectivity index (χ1n) is 9.32. The van der Waals surface area contributed by atoms with Crippen LogP contribution >= 0.6 is 0 Å². The van der Waals surface area contributed by atoms with Crippen molar-refractivity contribution in [3.63, 3.8) is 0 Å². The van der Waals surface area contributed by atoms with E-state index in [1.54, 1.807) is 18.2 Å². The van der Waals surface area contributed by atoms with E-state index in [0.29, 0.717) is 17.5 Å². The number of rotatable bonds is 7. The van der Waals surface area contributed by atoms with Gasteiger partial charge >= 0.3 is 6.61 Å². The van der Waals surface area contributed by atoms with Crippen molar-refractivity contribution in [1.82, 2.24) is 4.90 Å². The summed E-state index contributed by atoms with van der Waals surface area (Å²) in [6.07, 6.45) is 2.07. The predicted octanol–water partition coefficient (Wildman–Crippen LogP) is 4.08. The average Bonchev–Trinajstić information content (AvgIpc) is 2.97. The van der Waals surface area contributed by atoms with Crippen molar-refractivity contribution in [3.05, 3.63) is 71.3 Å². The highest BCUT2D eigenvalue weighted by Gasteiger charge is 2.49. The van der Waals surface area contributed by atoms with Gasteiger partial charge in [-0.05, 0) is 53.8 Å². The number of hydrogen-bond donors (Lipinski definition) is 1. The van der Waals surface area contributed by atoms with Crippen molar-refractivity contribution >= 4 is 17.4 Å². The minimum absolute atomic E-state index is 0.0293. The highest BCUT2D eigenvalue weighted by Crippen LogP contribution is 2.40. The number of carbonyl (C=O) groups excluding carboxylic acids is 1. The van der Waals surface area contributed by atoms with Crippen molar-refractivity contribution in [2.45, 2.75) is 25.5 Å². The van der Waals surface area contributed by atoms with Gasteiger partial charge in [-0.15, -0.1) is 0 Å². The SMILES string of the molecule is C/C(=C/CCF)c1cccc(C2(c3ccc(OC(F)F)cc3)N=C(N)N(C)C2=O)c1. The number of alkyl halides is 3. The summed E-state index contributed by atoms with van der Waals surface area (Å²) >= 11 is 0. The summed E-state index contributed by atoms with van der Waals surface area (Å²) in [5.74, 6) is -0.355. The van der Waals surface area contributed by atoms with Crippen LogP contribution in [0.15, 0.2) is 59.6 Å². The van der Waals surface area contributed by atoms with Gasteiger partial charge in [-0.2, -0.15) is 8.78 Å². The molecule has 3 rings (SSSR count). The lowest BCUT2D eigenvalue weighted by molar-refractivity contribution is -0.129. The maximum absolute atomic E-state index is 13.3. The molecule has 5 nitrogen and oxygen atoms in total. The number of likely N-dealkylation sites (N-methyl/N-ethyl adjacent to an activating group) is 1. The van der Waals surface area contributed by atoms with Gasteiger partial charge in [0, 0.05) is 7.05 Å². The molecule has 2 N–H and O–H groups in total. The average molecular weight is 417 g/mol. The van der Waals surface area contributed by atoms with Crippen LogP contribution in [-0.2, 0) is 10.3 Å². The molecule has 1 aliphatic heterocycles. The third kappa shape index (κ3) is 3.90. The van der Waals surface area contributed by atoms with Gasteiger partial charge in [0.25, 0.3) is 5.91 Å². The minimum Gasteiger partial charge on any atom is -0.435 e. The van der Waals surface area contributed by atoms with Crippen molar-refractivity contribution in [1.29, 1.82) is 0 Å². The molecule has 1 atom stereocenters. The fourth-order valence-electron chi connectivity index (χ4n) is 3.44. The van der Waals surface area contributed by atoms with E-state index in [9.17, 15) is 18.0 Å². The molecule has 0 spiro atoms. The van der Waals surface area contributed by atoms with Gasteiger partial charge in [0.1, 0.15) is 5.75 Å². The molecule has 1 amide bonds. The maximum atomic E-state index is 13.3. The number of hydrogen-bond acceptors (Lipinski definition) is 4. The lowest BCUT2D eigenvalue weighted by Crippen LogP contribution is -2.41. The molecule has 0 aromatic heterocycles. The fourth-order valence-corrected chi connectivity index (χ4v) is 3.44. The third-order valence-electron chi connectivity index (χ3n) is 5.03. The van der Waals surface area contributed by atoms with E-state index in [1.165, 1.54) is 36.2 Å². The molecule has 1 unspecified atom stereocenters. The van der Waals surface area contributed by atoms with Gasteiger partial charge < -0.3 is 10.5 Å². The van der Waals surface area contributed by atoms with E-state index < -0.39 is 18.8 Å². The first-order chi connectivity index (χ1) is 14.3. The number of amides is 1. The molecule has 0 radical (unpaired) electrons. The monoisotopic (exact) mass is 417 g/mol. The highest BCUT2D eigenvalue weighted by atomic mass is 19.3. The van der Waals surface area contributed by atoms with Crippen LogP contribution in [0.3, 0.4) is 0 Å². The van der Waals surface area contributed by atoms with Gasteiger partial charge in [-0.3, -0.25) is 14.1 Å². The molecule has 2 aromatic carbocycles. The highest BCUT2D eigenvalue weighted by molar-refractivity contribution is 6.09. The number of allylic oxidation sites excluding steroid dienone is 2. The Bertz CT molecular complexity index is 989. The van der Waals surface area contributed by atoms with E-state index in [4.69, 9.17) is 5.73 Å². The van der Waals surface area contributed by atoms with Crippen LogP contribution in [0.2, 0.25) is 0 Å². The second kappa shape index (κ2) is 8.61. The number of nitrogens with zero attached hydrogens (tertiary/aromatic N) is 2.